The van der Waals surface area contributed by atoms with Gasteiger partial charge in [-0.15, -0.1) is 0 Å². The normalized spacial score (nSPS) is 15.6. The Morgan fingerprint density at radius 1 is 0.897 bits per heavy atom. The smallest absolute Gasteiger partial charge is 0.0939 e. The first-order valence-electron chi connectivity index (χ1n) is 10.1. The van der Waals surface area contributed by atoms with Crippen LogP contribution in [0.25, 0.3) is 21.8 Å². The second-order valence-electron chi connectivity index (χ2n) is 7.85. The van der Waals surface area contributed by atoms with Gasteiger partial charge in [-0.1, -0.05) is 54.6 Å². The predicted molar refractivity (Wildman–Crippen MR) is 120 cm³/mol. The highest BCUT2D eigenvalue weighted by Gasteiger charge is 2.28. The van der Waals surface area contributed by atoms with Crippen LogP contribution in [0.2, 0.25) is 0 Å². The topological polar surface area (TPSA) is 40.7 Å². The van der Waals surface area contributed by atoms with Crippen molar-refractivity contribution in [2.45, 2.75) is 19.3 Å². The van der Waals surface area contributed by atoms with E-state index in [9.17, 15) is 0 Å². The summed E-state index contributed by atoms with van der Waals surface area (Å²) in [5, 5.41) is 6.20. The molecule has 0 fully saturated rings. The summed E-state index contributed by atoms with van der Waals surface area (Å²) in [6.07, 6.45) is 2.84. The lowest BCUT2D eigenvalue weighted by molar-refractivity contribution is 0.815. The van der Waals surface area contributed by atoms with Crippen molar-refractivity contribution in [1.29, 1.82) is 0 Å². The summed E-state index contributed by atoms with van der Waals surface area (Å²) in [7, 11) is 0. The van der Waals surface area contributed by atoms with Gasteiger partial charge in [0.2, 0.25) is 0 Å². The molecule has 2 aromatic heterocycles. The van der Waals surface area contributed by atoms with Crippen LogP contribution in [0.4, 0.5) is 11.4 Å². The minimum atomic E-state index is 0.253. The fourth-order valence-corrected chi connectivity index (χ4v) is 4.87. The lowest BCUT2D eigenvalue weighted by Gasteiger charge is -2.20. The molecule has 29 heavy (non-hydrogen) atoms. The van der Waals surface area contributed by atoms with Crippen LogP contribution >= 0.6 is 0 Å². The van der Waals surface area contributed by atoms with Crippen LogP contribution in [0.3, 0.4) is 0 Å². The molecule has 0 saturated carbocycles. The Morgan fingerprint density at radius 2 is 1.76 bits per heavy atom. The summed E-state index contributed by atoms with van der Waals surface area (Å²) in [5.41, 5.74) is 9.80. The average molecular weight is 375 g/mol. The van der Waals surface area contributed by atoms with Gasteiger partial charge in [0.05, 0.1) is 11.2 Å². The number of aryl methyl sites for hydroxylation is 1. The van der Waals surface area contributed by atoms with E-state index in [0.717, 1.165) is 23.0 Å². The third-order valence-electron chi connectivity index (χ3n) is 6.18. The first-order valence-corrected chi connectivity index (χ1v) is 10.1. The summed E-state index contributed by atoms with van der Waals surface area (Å²) in [6.45, 7) is 2.19. The third kappa shape index (κ3) is 2.47. The van der Waals surface area contributed by atoms with Crippen LogP contribution < -0.4 is 5.32 Å². The number of benzene rings is 3. The van der Waals surface area contributed by atoms with E-state index >= 15 is 0 Å². The molecule has 3 heterocycles. The van der Waals surface area contributed by atoms with Crippen LogP contribution in [0.1, 0.15) is 28.3 Å². The molecule has 0 unspecified atom stereocenters. The molecule has 3 aromatic carbocycles. The maximum Gasteiger partial charge on any atom is 0.0939 e. The number of H-pyrrole nitrogens is 1. The number of para-hydroxylation sites is 2. The Kier molecular flexibility index (Phi) is 3.51. The molecule has 0 radical (unpaired) electrons. The largest absolute Gasteiger partial charge is 0.358 e. The summed E-state index contributed by atoms with van der Waals surface area (Å²) in [5.74, 6) is 0.253. The Hall–Kier alpha value is -3.59. The maximum absolute atomic E-state index is 4.74. The second-order valence-corrected chi connectivity index (χ2v) is 7.85. The molecule has 0 spiro atoms. The second kappa shape index (κ2) is 6.21. The van der Waals surface area contributed by atoms with E-state index in [4.69, 9.17) is 4.98 Å². The van der Waals surface area contributed by atoms with Crippen LogP contribution in [0.5, 0.6) is 0 Å². The van der Waals surface area contributed by atoms with Gasteiger partial charge >= 0.3 is 0 Å². The van der Waals surface area contributed by atoms with Gasteiger partial charge in [0.15, 0.2) is 0 Å². The monoisotopic (exact) mass is 375 g/mol. The predicted octanol–water partition coefficient (Wildman–Crippen LogP) is 6.46. The molecule has 3 nitrogen and oxygen atoms in total. The zero-order valence-electron chi connectivity index (χ0n) is 16.2. The van der Waals surface area contributed by atoms with Crippen LogP contribution in [0, 0.1) is 6.92 Å². The molecular formula is C26H21N3. The summed E-state index contributed by atoms with van der Waals surface area (Å²) in [4.78, 5) is 8.34. The molecule has 2 N–H and O–H groups in total. The van der Waals surface area contributed by atoms with Crippen LogP contribution in [0.15, 0.2) is 79.0 Å². The van der Waals surface area contributed by atoms with Crippen molar-refractivity contribution < 1.29 is 0 Å². The van der Waals surface area contributed by atoms with E-state index in [2.05, 4.69) is 84.0 Å². The first-order chi connectivity index (χ1) is 14.3. The van der Waals surface area contributed by atoms with E-state index in [0.29, 0.717) is 0 Å². The molecule has 1 atom stereocenters. The Labute approximate surface area is 169 Å². The zero-order valence-corrected chi connectivity index (χ0v) is 16.2. The number of fused-ring (bicyclic) bond motifs is 5. The number of nitrogens with zero attached hydrogens (tertiary/aromatic N) is 1. The van der Waals surface area contributed by atoms with Crippen LogP contribution in [-0.4, -0.2) is 9.97 Å². The van der Waals surface area contributed by atoms with Crippen molar-refractivity contribution in [3.05, 3.63) is 101 Å². The minimum absolute atomic E-state index is 0.253. The van der Waals surface area contributed by atoms with Gasteiger partial charge in [0.1, 0.15) is 0 Å². The number of hydrogen-bond acceptors (Lipinski definition) is 2. The lowest BCUT2D eigenvalue weighted by Crippen LogP contribution is -2.06. The van der Waals surface area contributed by atoms with Gasteiger partial charge in [-0.25, -0.2) is 0 Å². The molecule has 6 rings (SSSR count). The number of pyridine rings is 1. The highest BCUT2D eigenvalue weighted by atomic mass is 14.9. The fraction of sp³-hybridized carbons (Fsp3) is 0.115. The van der Waals surface area contributed by atoms with Gasteiger partial charge < -0.3 is 10.3 Å². The molecule has 0 aliphatic carbocycles. The number of hydrogen-bond donors (Lipinski definition) is 2. The van der Waals surface area contributed by atoms with E-state index in [1.54, 1.807) is 0 Å². The van der Waals surface area contributed by atoms with E-state index in [1.807, 2.05) is 12.3 Å². The Morgan fingerprint density at radius 3 is 2.72 bits per heavy atom. The standard InChI is InChI=1S/C26H21N3/c1-16-24(20-9-3-5-11-23(20)28-16)21-15-18-7-2-4-10-22(18)29-26-19(21)13-12-17-8-6-14-27-25(17)26/h2-14,21,28-29H,15H2,1H3/t21-/m0/s1. The van der Waals surface area contributed by atoms with Gasteiger partial charge in [0.25, 0.3) is 0 Å². The Bertz CT molecular complexity index is 1380. The third-order valence-corrected chi connectivity index (χ3v) is 6.18. The molecule has 0 saturated heterocycles. The molecule has 5 aromatic rings. The van der Waals surface area contributed by atoms with Crippen LogP contribution in [-0.2, 0) is 6.42 Å². The molecule has 1 aliphatic heterocycles. The SMILES string of the molecule is Cc1[nH]c2ccccc2c1[C@H]1Cc2ccccc2Nc2c1ccc1cccnc21. The summed E-state index contributed by atoms with van der Waals surface area (Å²) in [6, 6.07) is 25.9. The van der Waals surface area contributed by atoms with Gasteiger partial charge in [-0.3, -0.25) is 4.98 Å². The van der Waals surface area contributed by atoms with E-state index in [1.165, 1.54) is 39.0 Å². The van der Waals surface area contributed by atoms with Crippen molar-refractivity contribution in [3.63, 3.8) is 0 Å². The number of aromatic nitrogens is 2. The van der Waals surface area contributed by atoms with Crippen molar-refractivity contribution in [3.8, 4) is 0 Å². The molecule has 3 heteroatoms. The van der Waals surface area contributed by atoms with Crippen molar-refractivity contribution in [2.24, 2.45) is 0 Å². The van der Waals surface area contributed by atoms with Gasteiger partial charge in [-0.2, -0.15) is 0 Å². The zero-order chi connectivity index (χ0) is 19.4. The highest BCUT2D eigenvalue weighted by molar-refractivity contribution is 5.96. The summed E-state index contributed by atoms with van der Waals surface area (Å²) < 4.78 is 0. The van der Waals surface area contributed by atoms with E-state index in [-0.39, 0.29) is 5.92 Å². The number of rotatable bonds is 1. The Balaban J connectivity index is 1.69. The van der Waals surface area contributed by atoms with Gasteiger partial charge in [0, 0.05) is 39.8 Å². The van der Waals surface area contributed by atoms with Crippen molar-refractivity contribution >= 4 is 33.2 Å². The van der Waals surface area contributed by atoms with E-state index < -0.39 is 0 Å². The number of aromatic amines is 1. The number of nitrogens with one attached hydrogen (secondary N) is 2. The first kappa shape index (κ1) is 16.4. The molecule has 1 aliphatic rings. The van der Waals surface area contributed by atoms with Crippen molar-refractivity contribution in [2.75, 3.05) is 5.32 Å². The van der Waals surface area contributed by atoms with Gasteiger partial charge in [-0.05, 0) is 48.2 Å². The molecule has 0 bridgehead atoms. The quantitative estimate of drug-likeness (QED) is 0.353. The highest BCUT2D eigenvalue weighted by Crippen LogP contribution is 2.45. The molecule has 0 amide bonds. The molecular weight excluding hydrogens is 354 g/mol. The average Bonchev–Trinajstić information content (AvgIpc) is 2.99. The lowest BCUT2D eigenvalue weighted by atomic mass is 9.84. The minimum Gasteiger partial charge on any atom is -0.358 e. The summed E-state index contributed by atoms with van der Waals surface area (Å²) >= 11 is 0. The van der Waals surface area contributed by atoms with Crippen molar-refractivity contribution in [1.82, 2.24) is 9.97 Å². The fourth-order valence-electron chi connectivity index (χ4n) is 4.87. The molecule has 140 valence electrons. The maximum atomic E-state index is 4.74. The number of anilines is 2.